The quantitative estimate of drug-likeness (QED) is 0.0190. The Balaban J connectivity index is 0.00000132. The highest BCUT2D eigenvalue weighted by Gasteiger charge is 2.27. The molecule has 4 aromatic heterocycles. The highest BCUT2D eigenvalue weighted by Crippen LogP contribution is 2.34. The molecule has 18 nitrogen and oxygen atoms in total. The van der Waals surface area contributed by atoms with E-state index in [-0.39, 0.29) is 12.0 Å². The first-order chi connectivity index (χ1) is 46.7. The van der Waals surface area contributed by atoms with Crippen LogP contribution >= 0.6 is 0 Å². The molecular weight excluding hydrogens is 1190 g/mol. The minimum absolute atomic E-state index is 0.241. The monoisotopic (exact) mass is 1330 g/mol. The van der Waals surface area contributed by atoms with Gasteiger partial charge in [0.15, 0.2) is 5.82 Å². The Morgan fingerprint density at radius 3 is 1.88 bits per heavy atom. The molecule has 0 saturated heterocycles. The fraction of sp³-hybridized carbons (Fsp3) is 0.667. The van der Waals surface area contributed by atoms with Crippen LogP contribution in [0.25, 0.3) is 0 Å². The van der Waals surface area contributed by atoms with E-state index in [1.54, 1.807) is 12.4 Å². The van der Waals surface area contributed by atoms with E-state index in [9.17, 15) is 0 Å². The van der Waals surface area contributed by atoms with Crippen molar-refractivity contribution in [3.8, 4) is 12.8 Å². The number of likely N-dealkylation sites (N-methyl/N-ethyl adjacent to an activating group) is 1. The first kappa shape index (κ1) is 89.0. The third kappa shape index (κ3) is 39.3. The van der Waals surface area contributed by atoms with Crippen LogP contribution in [-0.4, -0.2) is 103 Å². The number of nitrogens with one attached hydrogen (secondary N) is 6. The minimum atomic E-state index is 0.241. The van der Waals surface area contributed by atoms with Crippen molar-refractivity contribution in [2.45, 2.75) is 296 Å². The van der Waals surface area contributed by atoms with Crippen molar-refractivity contribution in [2.75, 3.05) is 48.4 Å². The first-order valence-corrected chi connectivity index (χ1v) is 37.2. The van der Waals surface area contributed by atoms with Gasteiger partial charge in [0.25, 0.3) is 0 Å². The lowest BCUT2D eigenvalue weighted by Gasteiger charge is -2.21. The van der Waals surface area contributed by atoms with Crippen LogP contribution in [0.2, 0.25) is 0 Å². The molecule has 3 unspecified atom stereocenters. The number of hydrogen-bond donors (Lipinski definition) is 7. The second kappa shape index (κ2) is 57.1. The Hall–Kier alpha value is -7.00. The summed E-state index contributed by atoms with van der Waals surface area (Å²) < 4.78 is 2.20. The summed E-state index contributed by atoms with van der Waals surface area (Å²) in [4.78, 5) is 44.7. The number of anilines is 4. The molecule has 0 radical (unpaired) electrons. The zero-order valence-electron chi connectivity index (χ0n) is 63.9. The molecule has 0 aromatic carbocycles. The number of aromatic nitrogens is 8. The maximum atomic E-state index is 5.67. The number of hydrogen-bond acceptors (Lipinski definition) is 17. The van der Waals surface area contributed by atoms with Crippen molar-refractivity contribution in [1.29, 1.82) is 0 Å². The molecule has 4 aliphatic rings. The molecule has 5 atom stereocenters. The average molecular weight is 1330 g/mol. The van der Waals surface area contributed by atoms with Crippen molar-refractivity contribution in [3.63, 3.8) is 0 Å². The molecule has 0 bridgehead atoms. The Labute approximate surface area is 586 Å². The predicted molar refractivity (Wildman–Crippen MR) is 419 cm³/mol. The Morgan fingerprint density at radius 1 is 0.708 bits per heavy atom. The van der Waals surface area contributed by atoms with Gasteiger partial charge in [-0.2, -0.15) is 9.97 Å². The third-order valence-electron chi connectivity index (χ3n) is 16.4. The van der Waals surface area contributed by atoms with Gasteiger partial charge in [0, 0.05) is 105 Å². The fourth-order valence-electron chi connectivity index (χ4n) is 11.4. The summed E-state index contributed by atoms with van der Waals surface area (Å²) in [7, 11) is 1.95. The van der Waals surface area contributed by atoms with Crippen LogP contribution in [0, 0.1) is 44.4 Å². The van der Waals surface area contributed by atoms with E-state index in [1.807, 2.05) is 102 Å². The number of rotatable bonds is 30. The van der Waals surface area contributed by atoms with Crippen molar-refractivity contribution in [2.24, 2.45) is 32.7 Å². The lowest BCUT2D eigenvalue weighted by molar-refractivity contribution is 0.349. The molecule has 0 aliphatic heterocycles. The van der Waals surface area contributed by atoms with Gasteiger partial charge < -0.3 is 42.2 Å². The van der Waals surface area contributed by atoms with Crippen molar-refractivity contribution >= 4 is 53.7 Å². The van der Waals surface area contributed by atoms with Crippen LogP contribution in [0.3, 0.4) is 0 Å². The first-order valence-electron chi connectivity index (χ1n) is 37.2. The van der Waals surface area contributed by atoms with E-state index in [1.165, 1.54) is 107 Å². The van der Waals surface area contributed by atoms with Crippen molar-refractivity contribution in [1.82, 2.24) is 55.4 Å². The van der Waals surface area contributed by atoms with Gasteiger partial charge in [0.05, 0.1) is 17.1 Å². The topological polar surface area (TPSA) is 230 Å². The van der Waals surface area contributed by atoms with Gasteiger partial charge in [0.2, 0.25) is 17.8 Å². The van der Waals surface area contributed by atoms with Gasteiger partial charge in [0.1, 0.15) is 23.5 Å². The SMILES string of the molecule is C#C.C1CC1.C=C(CC)NC1CCC(C)C1.C=C(CNC)NC1CC[C@H](Cc2nc(NCCc3ccn(CC)c3)nc(C)c2N=CC)C1.CC.CC.CC.CC=N/C(=C\C)CCNc1nc(C)c(N=CC)c(N[C@@H](CCC)CCCc2ncnc(N)n2)n1.CCC1CCCCC1. The smallest absolute Gasteiger partial charge is 0.225 e. The van der Waals surface area contributed by atoms with Gasteiger partial charge in [-0.05, 0) is 162 Å². The average Bonchev–Trinajstić information content (AvgIpc) is 1.57. The maximum Gasteiger partial charge on any atom is 0.225 e. The summed E-state index contributed by atoms with van der Waals surface area (Å²) in [6.45, 7) is 46.2. The standard InChI is InChI=1S/C25H39N7.C24H38N10.C10H19N.C8H16.C3H6.3C2H6.C2H2/c1-6-27-24-19(4)30-25(28-12-10-20-11-13-32(7-2)17-20)31-23(24)15-21-8-9-22(14-21)29-18(3)16-26-5;1-6-11-19(12-10-13-20-29-16-30-23(25)33-20)32-22-21(27-9-4)17(5)31-24(34-22)28-15-14-18(7-2)26-8-3;1-4-9(3)11-10-6-5-8(2)7-10;1-2-8-6-4-3-5-7-8;1-2-3-1;4*1-2/h6,11,13,17,21-22,26,29H,3,7-10,12,14-16H2,1-2,4-5H3,(H,28,30,31);7-9,16,19H,6,10-15H2,1-5H3,(H2,25,29,30,33)(H2,28,31,32,34);8,10-11H,3-7H2,1-2H3;8H,2-7H2,1H3;1-3H2;3*1-2H3;1-2H/b;18-7-,26-8?,27-9?;;;;;;;/t21-,22?;19-;;;;;;;/m00......./s1. The lowest BCUT2D eigenvalue weighted by Crippen LogP contribution is -2.30. The molecular formula is C78H138N18. The summed E-state index contributed by atoms with van der Waals surface area (Å²) in [5, 5.41) is 20.6. The van der Waals surface area contributed by atoms with Crippen LogP contribution in [0.4, 0.5) is 35.0 Å². The normalized spacial score (nSPS) is 17.1. The van der Waals surface area contributed by atoms with Gasteiger partial charge >= 0.3 is 0 Å². The van der Waals surface area contributed by atoms with Crippen LogP contribution in [0.5, 0.6) is 0 Å². The molecule has 4 aliphatic carbocycles. The van der Waals surface area contributed by atoms with Crippen molar-refractivity contribution < 1.29 is 0 Å². The third-order valence-corrected chi connectivity index (χ3v) is 16.4. The van der Waals surface area contributed by atoms with E-state index in [0.29, 0.717) is 30.4 Å². The number of nitrogens with zero attached hydrogens (tertiary/aromatic N) is 11. The number of aliphatic imine (C=N–C) groups is 3. The second-order valence-electron chi connectivity index (χ2n) is 24.2. The largest absolute Gasteiger partial charge is 0.386 e. The van der Waals surface area contributed by atoms with E-state index >= 15 is 0 Å². The van der Waals surface area contributed by atoms with E-state index in [0.717, 1.165) is 153 Å². The van der Waals surface area contributed by atoms with Gasteiger partial charge in [-0.15, -0.1) is 12.8 Å². The number of terminal acetylenes is 1. The predicted octanol–water partition coefficient (Wildman–Crippen LogP) is 18.9. The molecule has 0 spiro atoms. The highest BCUT2D eigenvalue weighted by molar-refractivity contribution is 5.71. The molecule has 4 aromatic rings. The van der Waals surface area contributed by atoms with E-state index < -0.39 is 0 Å². The van der Waals surface area contributed by atoms with Crippen molar-refractivity contribution in [3.05, 3.63) is 89.6 Å². The fourth-order valence-corrected chi connectivity index (χ4v) is 11.4. The summed E-state index contributed by atoms with van der Waals surface area (Å²) in [5.41, 5.74) is 14.8. The summed E-state index contributed by atoms with van der Waals surface area (Å²) in [5.74, 6) is 5.61. The van der Waals surface area contributed by atoms with Crippen LogP contribution < -0.4 is 37.6 Å². The Morgan fingerprint density at radius 2 is 1.32 bits per heavy atom. The summed E-state index contributed by atoms with van der Waals surface area (Å²) in [6.07, 6.45) is 50.6. The zero-order valence-corrected chi connectivity index (χ0v) is 63.9. The molecule has 8 N–H and O–H groups in total. The molecule has 96 heavy (non-hydrogen) atoms. The van der Waals surface area contributed by atoms with Crippen LogP contribution in [0.15, 0.2) is 76.1 Å². The number of allylic oxidation sites excluding steroid dienone is 2. The molecule has 4 fully saturated rings. The maximum absolute atomic E-state index is 5.67. The summed E-state index contributed by atoms with van der Waals surface area (Å²) >= 11 is 0. The molecule has 540 valence electrons. The van der Waals surface area contributed by atoms with Gasteiger partial charge in [-0.3, -0.25) is 15.0 Å². The number of aryl methyl sites for hydroxylation is 4. The Kier molecular flexibility index (Phi) is 52.9. The van der Waals surface area contributed by atoms with Gasteiger partial charge in [-0.1, -0.05) is 153 Å². The van der Waals surface area contributed by atoms with Gasteiger partial charge in [-0.25, -0.2) is 24.9 Å². The minimum Gasteiger partial charge on any atom is -0.386 e. The van der Waals surface area contributed by atoms with Crippen LogP contribution in [0.1, 0.15) is 267 Å². The Bertz CT molecular complexity index is 2770. The number of nitrogens with two attached hydrogens (primary N) is 1. The molecule has 4 saturated carbocycles. The van der Waals surface area contributed by atoms with Crippen LogP contribution in [-0.2, 0) is 25.8 Å². The van der Waals surface area contributed by atoms with E-state index in [4.69, 9.17) is 15.7 Å². The molecule has 18 heteroatoms. The molecule has 0 amide bonds. The highest BCUT2D eigenvalue weighted by atomic mass is 15.2. The zero-order chi connectivity index (χ0) is 71.9. The second-order valence-corrected chi connectivity index (χ2v) is 24.2. The lowest BCUT2D eigenvalue weighted by atomic mass is 9.88. The van der Waals surface area contributed by atoms with E-state index in [2.05, 4.69) is 155 Å². The molecule has 4 heterocycles. The number of nitrogen functional groups attached to an aromatic ring is 1. The molecule has 8 rings (SSSR count). The summed E-state index contributed by atoms with van der Waals surface area (Å²) in [6, 6.07) is 3.63.